The van der Waals surface area contributed by atoms with Crippen molar-refractivity contribution < 1.29 is 4.74 Å². The third-order valence-electron chi connectivity index (χ3n) is 6.93. The van der Waals surface area contributed by atoms with Crippen molar-refractivity contribution in [1.82, 2.24) is 9.80 Å². The van der Waals surface area contributed by atoms with E-state index >= 15 is 0 Å². The Kier molecular flexibility index (Phi) is 5.36. The lowest BCUT2D eigenvalue weighted by Gasteiger charge is -2.50. The maximum Gasteiger partial charge on any atom is 0.0538 e. The molecule has 3 nitrogen and oxygen atoms in total. The number of piperidine rings is 2. The molecule has 2 aliphatic heterocycles. The summed E-state index contributed by atoms with van der Waals surface area (Å²) in [6, 6.07) is 0. The SMILES string of the molecule is CC(C)OCC1(CN2CCC3(CC2)CCN(C(C)(C)C)CC3)CC1. The summed E-state index contributed by atoms with van der Waals surface area (Å²) in [6.45, 7) is 18.9. The Morgan fingerprint density at radius 3 is 1.88 bits per heavy atom. The molecule has 0 aromatic carbocycles. The van der Waals surface area contributed by atoms with E-state index in [-0.39, 0.29) is 0 Å². The second-order valence-corrected chi connectivity index (χ2v) is 10.3. The summed E-state index contributed by atoms with van der Waals surface area (Å²) in [7, 11) is 0. The lowest BCUT2D eigenvalue weighted by atomic mass is 9.70. The number of likely N-dealkylation sites (tertiary alicyclic amines) is 2. The largest absolute Gasteiger partial charge is 0.378 e. The molecule has 3 fully saturated rings. The third kappa shape index (κ3) is 4.53. The van der Waals surface area contributed by atoms with E-state index in [1.807, 2.05) is 0 Å². The molecule has 1 aliphatic carbocycles. The van der Waals surface area contributed by atoms with Crippen molar-refractivity contribution in [2.45, 2.75) is 84.8 Å². The van der Waals surface area contributed by atoms with E-state index in [2.05, 4.69) is 44.4 Å². The molecule has 0 N–H and O–H groups in total. The van der Waals surface area contributed by atoms with Gasteiger partial charge >= 0.3 is 0 Å². The van der Waals surface area contributed by atoms with E-state index < -0.39 is 0 Å². The first-order chi connectivity index (χ1) is 11.2. The van der Waals surface area contributed by atoms with Gasteiger partial charge in [0.25, 0.3) is 0 Å². The summed E-state index contributed by atoms with van der Waals surface area (Å²) < 4.78 is 5.93. The Morgan fingerprint density at radius 2 is 1.42 bits per heavy atom. The number of rotatable bonds is 5. The highest BCUT2D eigenvalue weighted by molar-refractivity contribution is 4.98. The van der Waals surface area contributed by atoms with Crippen LogP contribution in [0.4, 0.5) is 0 Å². The first-order valence-electron chi connectivity index (χ1n) is 10.3. The maximum atomic E-state index is 5.93. The zero-order chi connectivity index (χ0) is 17.4. The Balaban J connectivity index is 1.43. The van der Waals surface area contributed by atoms with E-state index in [1.165, 1.54) is 71.2 Å². The van der Waals surface area contributed by atoms with Gasteiger partial charge in [-0.05, 0) is 105 Å². The van der Waals surface area contributed by atoms with Crippen molar-refractivity contribution in [3.8, 4) is 0 Å². The third-order valence-corrected chi connectivity index (χ3v) is 6.93. The summed E-state index contributed by atoms with van der Waals surface area (Å²) in [4.78, 5) is 5.44. The van der Waals surface area contributed by atoms with Gasteiger partial charge in [0.2, 0.25) is 0 Å². The second-order valence-electron chi connectivity index (χ2n) is 10.3. The van der Waals surface area contributed by atoms with Crippen LogP contribution in [-0.4, -0.2) is 60.8 Å². The second kappa shape index (κ2) is 6.89. The zero-order valence-electron chi connectivity index (χ0n) is 16.9. The summed E-state index contributed by atoms with van der Waals surface area (Å²) in [5.74, 6) is 0. The van der Waals surface area contributed by atoms with Crippen LogP contribution in [0.1, 0.15) is 73.1 Å². The Morgan fingerprint density at radius 1 is 0.875 bits per heavy atom. The lowest BCUT2D eigenvalue weighted by molar-refractivity contribution is -0.0104. The summed E-state index contributed by atoms with van der Waals surface area (Å²) in [6.07, 6.45) is 8.81. The van der Waals surface area contributed by atoms with E-state index in [9.17, 15) is 0 Å². The number of hydrogen-bond donors (Lipinski definition) is 0. The van der Waals surface area contributed by atoms with Crippen molar-refractivity contribution in [2.24, 2.45) is 10.8 Å². The van der Waals surface area contributed by atoms with Gasteiger partial charge in [-0.25, -0.2) is 0 Å². The molecule has 2 heterocycles. The van der Waals surface area contributed by atoms with Gasteiger partial charge < -0.3 is 9.64 Å². The molecular weight excluding hydrogens is 296 g/mol. The quantitative estimate of drug-likeness (QED) is 0.749. The topological polar surface area (TPSA) is 15.7 Å². The molecule has 0 bridgehead atoms. The minimum atomic E-state index is 0.344. The van der Waals surface area contributed by atoms with Crippen LogP contribution in [0, 0.1) is 10.8 Å². The maximum absolute atomic E-state index is 5.93. The minimum Gasteiger partial charge on any atom is -0.378 e. The Hall–Kier alpha value is -0.120. The lowest BCUT2D eigenvalue weighted by Crippen LogP contribution is -2.52. The molecule has 3 rings (SSSR count). The molecule has 0 aromatic rings. The zero-order valence-corrected chi connectivity index (χ0v) is 16.9. The number of hydrogen-bond acceptors (Lipinski definition) is 3. The van der Waals surface area contributed by atoms with Crippen LogP contribution in [0.15, 0.2) is 0 Å². The smallest absolute Gasteiger partial charge is 0.0538 e. The van der Waals surface area contributed by atoms with Crippen LogP contribution in [0.25, 0.3) is 0 Å². The fraction of sp³-hybridized carbons (Fsp3) is 1.00. The fourth-order valence-electron chi connectivity index (χ4n) is 4.68. The van der Waals surface area contributed by atoms with Crippen molar-refractivity contribution in [1.29, 1.82) is 0 Å². The van der Waals surface area contributed by atoms with Gasteiger partial charge in [-0.1, -0.05) is 0 Å². The summed E-state index contributed by atoms with van der Waals surface area (Å²) in [5.41, 5.74) is 1.50. The minimum absolute atomic E-state index is 0.344. The van der Waals surface area contributed by atoms with E-state index in [0.717, 1.165) is 6.61 Å². The first-order valence-corrected chi connectivity index (χ1v) is 10.3. The molecule has 1 spiro atoms. The number of nitrogens with zero attached hydrogens (tertiary/aromatic N) is 2. The van der Waals surface area contributed by atoms with Crippen LogP contribution < -0.4 is 0 Å². The molecule has 3 heteroatoms. The highest BCUT2D eigenvalue weighted by Crippen LogP contribution is 2.48. The van der Waals surface area contributed by atoms with Crippen LogP contribution in [0.2, 0.25) is 0 Å². The van der Waals surface area contributed by atoms with Gasteiger partial charge in [0.1, 0.15) is 0 Å². The predicted octanol–water partition coefficient (Wildman–Crippen LogP) is 4.17. The van der Waals surface area contributed by atoms with E-state index in [0.29, 0.717) is 22.5 Å². The van der Waals surface area contributed by atoms with Crippen LogP contribution in [0.5, 0.6) is 0 Å². The summed E-state index contributed by atoms with van der Waals surface area (Å²) >= 11 is 0. The Bertz CT molecular complexity index is 404. The van der Waals surface area contributed by atoms with Crippen LogP contribution >= 0.6 is 0 Å². The van der Waals surface area contributed by atoms with Crippen LogP contribution in [-0.2, 0) is 4.74 Å². The van der Waals surface area contributed by atoms with Crippen LogP contribution in [0.3, 0.4) is 0 Å². The van der Waals surface area contributed by atoms with Gasteiger partial charge in [-0.15, -0.1) is 0 Å². The molecule has 0 aromatic heterocycles. The molecule has 0 atom stereocenters. The number of ether oxygens (including phenoxy) is 1. The molecular formula is C21H40N2O. The monoisotopic (exact) mass is 336 g/mol. The van der Waals surface area contributed by atoms with Gasteiger partial charge in [0.15, 0.2) is 0 Å². The highest BCUT2D eigenvalue weighted by Gasteiger charge is 2.46. The van der Waals surface area contributed by atoms with Gasteiger partial charge in [-0.3, -0.25) is 4.90 Å². The molecule has 0 unspecified atom stereocenters. The molecule has 3 aliphatic rings. The molecule has 0 radical (unpaired) electrons. The van der Waals surface area contributed by atoms with Gasteiger partial charge in [0, 0.05) is 17.5 Å². The predicted molar refractivity (Wildman–Crippen MR) is 101 cm³/mol. The summed E-state index contributed by atoms with van der Waals surface area (Å²) in [5, 5.41) is 0. The van der Waals surface area contributed by atoms with E-state index in [1.54, 1.807) is 0 Å². The molecule has 24 heavy (non-hydrogen) atoms. The fourth-order valence-corrected chi connectivity index (χ4v) is 4.68. The van der Waals surface area contributed by atoms with Gasteiger partial charge in [-0.2, -0.15) is 0 Å². The van der Waals surface area contributed by atoms with Crippen molar-refractivity contribution >= 4 is 0 Å². The first kappa shape index (κ1) is 18.7. The average molecular weight is 337 g/mol. The van der Waals surface area contributed by atoms with Gasteiger partial charge in [0.05, 0.1) is 12.7 Å². The molecule has 140 valence electrons. The molecule has 2 saturated heterocycles. The highest BCUT2D eigenvalue weighted by atomic mass is 16.5. The Labute approximate surface area is 150 Å². The molecule has 0 amide bonds. The molecule has 1 saturated carbocycles. The van der Waals surface area contributed by atoms with Crippen molar-refractivity contribution in [3.63, 3.8) is 0 Å². The van der Waals surface area contributed by atoms with Crippen molar-refractivity contribution in [3.05, 3.63) is 0 Å². The van der Waals surface area contributed by atoms with Crippen molar-refractivity contribution in [2.75, 3.05) is 39.3 Å². The normalized spacial score (nSPS) is 27.8. The average Bonchev–Trinajstić information content (AvgIpc) is 3.28. The standard InChI is InChI=1S/C21H40N2O/c1-18(2)24-17-21(6-7-21)16-22-12-8-20(9-13-22)10-14-23(15-11-20)19(3,4)5/h18H,6-17H2,1-5H3. The van der Waals surface area contributed by atoms with E-state index in [4.69, 9.17) is 4.74 Å².